The molecular weight excluding hydrogens is 492 g/mol. The summed E-state index contributed by atoms with van der Waals surface area (Å²) in [5.74, 6) is 0.941. The van der Waals surface area contributed by atoms with Crippen molar-refractivity contribution < 1.29 is 22.7 Å². The molecule has 0 unspecified atom stereocenters. The van der Waals surface area contributed by atoms with Gasteiger partial charge in [0.1, 0.15) is 11.5 Å². The summed E-state index contributed by atoms with van der Waals surface area (Å²) in [5, 5.41) is 0. The Labute approximate surface area is 220 Å². The molecule has 0 saturated heterocycles. The van der Waals surface area contributed by atoms with Crippen molar-refractivity contribution in [3.05, 3.63) is 54.1 Å². The minimum absolute atomic E-state index is 0.0287. The maximum atomic E-state index is 13.8. The van der Waals surface area contributed by atoms with Crippen molar-refractivity contribution in [2.24, 2.45) is 11.8 Å². The Hall–Kier alpha value is -2.98. The van der Waals surface area contributed by atoms with Gasteiger partial charge in [-0.05, 0) is 55.9 Å². The predicted molar refractivity (Wildman–Crippen MR) is 142 cm³/mol. The summed E-state index contributed by atoms with van der Waals surface area (Å²) >= 11 is 0. The third-order valence-corrected chi connectivity index (χ3v) is 7.53. The lowest BCUT2D eigenvalue weighted by molar-refractivity contribution is 0.0658. The average Bonchev–Trinajstić information content (AvgIpc) is 3.20. The van der Waals surface area contributed by atoms with Crippen LogP contribution >= 0.6 is 0 Å². The number of hydrogen-bond donors (Lipinski definition) is 0. The summed E-state index contributed by atoms with van der Waals surface area (Å²) in [7, 11) is -4.19. The number of sulfonamides is 1. The van der Waals surface area contributed by atoms with Gasteiger partial charge in [0.25, 0.3) is 10.0 Å². The van der Waals surface area contributed by atoms with Gasteiger partial charge in [0.2, 0.25) is 0 Å². The van der Waals surface area contributed by atoms with Gasteiger partial charge >= 0.3 is 6.09 Å². The van der Waals surface area contributed by atoms with E-state index in [-0.39, 0.29) is 29.9 Å². The van der Waals surface area contributed by atoms with E-state index in [0.717, 1.165) is 27.1 Å². The van der Waals surface area contributed by atoms with E-state index in [2.05, 4.69) is 9.97 Å². The highest BCUT2D eigenvalue weighted by Gasteiger charge is 2.37. The molecule has 10 heteroatoms. The molecule has 0 saturated carbocycles. The van der Waals surface area contributed by atoms with Gasteiger partial charge in [-0.15, -0.1) is 0 Å². The highest BCUT2D eigenvalue weighted by Crippen LogP contribution is 2.25. The van der Waals surface area contributed by atoms with Gasteiger partial charge < -0.3 is 14.0 Å². The Morgan fingerprint density at radius 2 is 1.68 bits per heavy atom. The number of rotatable bonds is 12. The Kier molecular flexibility index (Phi) is 9.67. The summed E-state index contributed by atoms with van der Waals surface area (Å²) in [6, 6.07) is 7.80. The highest BCUT2D eigenvalue weighted by atomic mass is 32.2. The lowest BCUT2D eigenvalue weighted by Crippen LogP contribution is -2.48. The molecule has 0 aromatic heterocycles. The first-order valence-electron chi connectivity index (χ1n) is 12.7. The summed E-state index contributed by atoms with van der Waals surface area (Å²) < 4.78 is 41.4. The number of carbonyl (C=O) groups excluding carboxylic acids is 1. The molecule has 1 atom stereocenters. The van der Waals surface area contributed by atoms with Crippen molar-refractivity contribution in [2.45, 2.75) is 65.4 Å². The van der Waals surface area contributed by atoms with Crippen LogP contribution in [0.25, 0.3) is 11.4 Å². The molecule has 0 N–H and O–H groups in total. The quantitative estimate of drug-likeness (QED) is 0.325. The molecule has 0 spiro atoms. The van der Waals surface area contributed by atoms with Crippen LogP contribution in [0, 0.1) is 18.8 Å². The topological polar surface area (TPSA) is 104 Å². The van der Waals surface area contributed by atoms with Crippen LogP contribution in [0.15, 0.2) is 47.6 Å². The van der Waals surface area contributed by atoms with E-state index >= 15 is 0 Å². The van der Waals surface area contributed by atoms with Crippen molar-refractivity contribution >= 4 is 16.1 Å². The molecule has 9 nitrogen and oxygen atoms in total. The first-order valence-corrected chi connectivity index (χ1v) is 14.1. The number of aryl methyl sites for hydroxylation is 1. The van der Waals surface area contributed by atoms with Gasteiger partial charge in [-0.25, -0.2) is 23.2 Å². The number of nitrogens with zero attached hydrogens (tertiary/aromatic N) is 4. The second kappa shape index (κ2) is 12.5. The van der Waals surface area contributed by atoms with Crippen molar-refractivity contribution in [1.29, 1.82) is 0 Å². The minimum Gasteiger partial charge on any atom is -0.448 e. The Bertz CT molecular complexity index is 1240. The maximum Gasteiger partial charge on any atom is 0.424 e. The normalized spacial score (nSPS) is 12.9. The van der Waals surface area contributed by atoms with E-state index in [1.54, 1.807) is 12.1 Å². The number of pyridine rings is 1. The fraction of sp³-hybridized carbons (Fsp3) is 0.519. The number of benzene rings is 1. The molecule has 0 radical (unpaired) electrons. The summed E-state index contributed by atoms with van der Waals surface area (Å²) in [5.41, 5.74) is 2.55. The molecule has 0 fully saturated rings. The molecule has 1 amide bonds. The second-order valence-electron chi connectivity index (χ2n) is 10.0. The number of aromatic nitrogens is 3. The molecule has 37 heavy (non-hydrogen) atoms. The molecule has 0 aliphatic carbocycles. The van der Waals surface area contributed by atoms with Gasteiger partial charge in [-0.3, -0.25) is 0 Å². The van der Waals surface area contributed by atoms with Gasteiger partial charge in [-0.2, -0.15) is 4.31 Å². The van der Waals surface area contributed by atoms with E-state index in [1.807, 2.05) is 64.6 Å². The zero-order valence-electron chi connectivity index (χ0n) is 22.5. The van der Waals surface area contributed by atoms with Gasteiger partial charge in [0.15, 0.2) is 0 Å². The first kappa shape index (κ1) is 28.6. The van der Waals surface area contributed by atoms with E-state index in [1.165, 1.54) is 12.1 Å². The first-order chi connectivity index (χ1) is 17.5. The largest absolute Gasteiger partial charge is 0.448 e. The molecule has 202 valence electrons. The van der Waals surface area contributed by atoms with Crippen LogP contribution in [-0.2, 0) is 26.0 Å². The third kappa shape index (κ3) is 7.52. The number of ether oxygens (including phenoxy) is 2. The Balaban J connectivity index is 1.88. The Morgan fingerprint density at radius 1 is 1.00 bits per heavy atom. The number of carbonyl (C=O) groups is 1. The highest BCUT2D eigenvalue weighted by molar-refractivity contribution is 7.89. The van der Waals surface area contributed by atoms with Gasteiger partial charge in [-0.1, -0.05) is 39.8 Å². The van der Waals surface area contributed by atoms with E-state index in [0.29, 0.717) is 19.6 Å². The van der Waals surface area contributed by atoms with Crippen molar-refractivity contribution in [3.63, 3.8) is 0 Å². The van der Waals surface area contributed by atoms with Crippen LogP contribution < -0.4 is 0 Å². The van der Waals surface area contributed by atoms with Crippen LogP contribution in [0.2, 0.25) is 0 Å². The van der Waals surface area contributed by atoms with Crippen LogP contribution in [-0.4, -0.2) is 59.2 Å². The fourth-order valence-corrected chi connectivity index (χ4v) is 5.53. The molecule has 0 bridgehead atoms. The summed E-state index contributed by atoms with van der Waals surface area (Å²) in [4.78, 5) is 21.9. The Morgan fingerprint density at radius 3 is 2.30 bits per heavy atom. The molecule has 2 aliphatic heterocycles. The van der Waals surface area contributed by atoms with Crippen LogP contribution in [0.3, 0.4) is 0 Å². The number of amides is 1. The van der Waals surface area contributed by atoms with E-state index < -0.39 is 22.2 Å². The van der Waals surface area contributed by atoms with Crippen LogP contribution in [0.5, 0.6) is 0 Å². The number of hydrogen-bond acceptors (Lipinski definition) is 7. The lowest BCUT2D eigenvalue weighted by atomic mass is 10.0. The number of fused-ring (bicyclic) bond motifs is 1. The second-order valence-corrected chi connectivity index (χ2v) is 11.8. The smallest absolute Gasteiger partial charge is 0.424 e. The third-order valence-electron chi connectivity index (χ3n) is 5.69. The summed E-state index contributed by atoms with van der Waals surface area (Å²) in [6.45, 7) is 12.6. The molecule has 1 aromatic rings. The molecule has 3 rings (SSSR count). The van der Waals surface area contributed by atoms with Crippen LogP contribution in [0.4, 0.5) is 4.79 Å². The monoisotopic (exact) mass is 530 g/mol. The average molecular weight is 531 g/mol. The standard InChI is InChI=1S/C27H38N4O5S/c1-7-35-18-23(14-19(2)3)31(27(32)36-17-20(4)5)37(33,34)24-10-8-22(9-11-24)15-30-13-12-25-26(16-30)29-21(6)28-25/h8-13,16,19-20,23H,7,14-15,17-18H2,1-6H3/t23-/m0/s1. The summed E-state index contributed by atoms with van der Waals surface area (Å²) in [6.07, 6.45) is 3.41. The zero-order chi connectivity index (χ0) is 27.2. The SMILES string of the molecule is CCOC[C@H](CC(C)C)N(C(=O)OCC(C)C)S(=O)(=O)c1ccc(Cn2ccc3nc(C)nc-3c2)cc1. The van der Waals surface area contributed by atoms with E-state index in [9.17, 15) is 13.2 Å². The predicted octanol–water partition coefficient (Wildman–Crippen LogP) is 4.97. The van der Waals surface area contributed by atoms with Crippen molar-refractivity contribution in [1.82, 2.24) is 18.8 Å². The van der Waals surface area contributed by atoms with Gasteiger partial charge in [0.05, 0.1) is 29.8 Å². The van der Waals surface area contributed by atoms with Crippen molar-refractivity contribution in [3.8, 4) is 11.4 Å². The lowest BCUT2D eigenvalue weighted by Gasteiger charge is -2.31. The maximum absolute atomic E-state index is 13.8. The van der Waals surface area contributed by atoms with E-state index in [4.69, 9.17) is 9.47 Å². The molecule has 2 heterocycles. The fourth-order valence-electron chi connectivity index (χ4n) is 4.04. The molecule has 1 aromatic carbocycles. The van der Waals surface area contributed by atoms with Gasteiger partial charge in [0, 0.05) is 25.5 Å². The number of imidazole rings is 1. The van der Waals surface area contributed by atoms with Crippen molar-refractivity contribution in [2.75, 3.05) is 19.8 Å². The zero-order valence-corrected chi connectivity index (χ0v) is 23.4. The molecule has 2 aliphatic rings. The van der Waals surface area contributed by atoms with Crippen LogP contribution in [0.1, 0.15) is 52.4 Å². The molecular formula is C27H38N4O5S. The minimum atomic E-state index is -4.19.